The highest BCUT2D eigenvalue weighted by Crippen LogP contribution is 2.26. The zero-order valence-corrected chi connectivity index (χ0v) is 22.7. The first-order valence-corrected chi connectivity index (χ1v) is 13.5. The summed E-state index contributed by atoms with van der Waals surface area (Å²) in [7, 11) is 0. The molecule has 1 saturated heterocycles. The van der Waals surface area contributed by atoms with Crippen molar-refractivity contribution in [3.8, 4) is 0 Å². The molecular formula is C28H41F2N5O2. The predicted molar refractivity (Wildman–Crippen MR) is 141 cm³/mol. The number of imidazole rings is 1. The zero-order valence-electron chi connectivity index (χ0n) is 22.7. The van der Waals surface area contributed by atoms with Crippen LogP contribution in [0.1, 0.15) is 65.0 Å². The monoisotopic (exact) mass is 517 g/mol. The van der Waals surface area contributed by atoms with Crippen molar-refractivity contribution in [2.75, 3.05) is 25.0 Å². The molecule has 4 atom stereocenters. The number of hydrogen-bond donors (Lipinski definition) is 2. The van der Waals surface area contributed by atoms with E-state index in [1.165, 1.54) is 6.07 Å². The van der Waals surface area contributed by atoms with Crippen molar-refractivity contribution >= 4 is 11.7 Å². The Hall–Kier alpha value is -2.36. The molecular weight excluding hydrogens is 476 g/mol. The molecule has 1 fully saturated rings. The maximum Gasteiger partial charge on any atom is 0.242 e. The Kier molecular flexibility index (Phi) is 8.66. The van der Waals surface area contributed by atoms with Gasteiger partial charge in [-0.1, -0.05) is 13.3 Å². The van der Waals surface area contributed by atoms with Crippen molar-refractivity contribution in [2.45, 2.75) is 96.6 Å². The molecule has 2 N–H and O–H groups in total. The minimum Gasteiger partial charge on any atom is -0.373 e. The molecule has 0 saturated carbocycles. The van der Waals surface area contributed by atoms with Crippen molar-refractivity contribution < 1.29 is 18.3 Å². The summed E-state index contributed by atoms with van der Waals surface area (Å²) in [5.74, 6) is -0.680. The molecule has 0 spiro atoms. The predicted octanol–water partition coefficient (Wildman–Crippen LogP) is 4.26. The Morgan fingerprint density at radius 3 is 2.68 bits per heavy atom. The van der Waals surface area contributed by atoms with Crippen molar-refractivity contribution in [3.05, 3.63) is 47.4 Å². The second-order valence-corrected chi connectivity index (χ2v) is 11.4. The third kappa shape index (κ3) is 6.94. The SMILES string of the molecule is CCCC(NC1CCc2cc(F)cc(F)c2C1)C(=O)Nc1cn(C(C)(C)CN2CC(C)OC(C)C2)cn1. The van der Waals surface area contributed by atoms with Crippen LogP contribution in [-0.2, 0) is 27.9 Å². The number of rotatable bonds is 9. The fourth-order valence-electron chi connectivity index (χ4n) is 5.77. The number of aromatic nitrogens is 2. The molecule has 1 aromatic carbocycles. The van der Waals surface area contributed by atoms with Gasteiger partial charge in [0.2, 0.25) is 5.91 Å². The Morgan fingerprint density at radius 2 is 1.97 bits per heavy atom. The minimum absolute atomic E-state index is 0.0513. The highest BCUT2D eigenvalue weighted by Gasteiger charge is 2.30. The maximum absolute atomic E-state index is 14.4. The number of ether oxygens (including phenoxy) is 1. The number of fused-ring (bicyclic) bond motifs is 1. The lowest BCUT2D eigenvalue weighted by molar-refractivity contribution is -0.118. The number of amides is 1. The van der Waals surface area contributed by atoms with Crippen LogP contribution in [0.15, 0.2) is 24.7 Å². The first-order valence-electron chi connectivity index (χ1n) is 13.5. The van der Waals surface area contributed by atoms with Gasteiger partial charge in [0.1, 0.15) is 11.6 Å². The minimum atomic E-state index is -0.539. The molecule has 2 aromatic rings. The highest BCUT2D eigenvalue weighted by molar-refractivity contribution is 5.94. The van der Waals surface area contributed by atoms with E-state index in [1.54, 1.807) is 6.33 Å². The number of morpholine rings is 1. The van der Waals surface area contributed by atoms with E-state index in [2.05, 4.69) is 52.8 Å². The second kappa shape index (κ2) is 11.6. The number of anilines is 1. The number of carbonyl (C=O) groups is 1. The van der Waals surface area contributed by atoms with Crippen LogP contribution in [-0.4, -0.2) is 64.3 Å². The van der Waals surface area contributed by atoms with Gasteiger partial charge in [0.25, 0.3) is 0 Å². The molecule has 4 unspecified atom stereocenters. The van der Waals surface area contributed by atoms with Crippen LogP contribution >= 0.6 is 0 Å². The Bertz CT molecular complexity index is 1080. The van der Waals surface area contributed by atoms with Crippen LogP contribution in [0.2, 0.25) is 0 Å². The highest BCUT2D eigenvalue weighted by atomic mass is 19.1. The van der Waals surface area contributed by atoms with Gasteiger partial charge < -0.3 is 19.9 Å². The average molecular weight is 518 g/mol. The zero-order chi connectivity index (χ0) is 26.7. The van der Waals surface area contributed by atoms with E-state index >= 15 is 0 Å². The largest absolute Gasteiger partial charge is 0.373 e. The third-order valence-electron chi connectivity index (χ3n) is 7.43. The van der Waals surface area contributed by atoms with Gasteiger partial charge in [-0.2, -0.15) is 0 Å². The Labute approximate surface area is 219 Å². The molecule has 4 rings (SSSR count). The molecule has 7 nitrogen and oxygen atoms in total. The lowest BCUT2D eigenvalue weighted by atomic mass is 9.87. The number of halogens is 2. The van der Waals surface area contributed by atoms with E-state index in [4.69, 9.17) is 4.74 Å². The van der Waals surface area contributed by atoms with E-state index < -0.39 is 17.7 Å². The van der Waals surface area contributed by atoms with Crippen molar-refractivity contribution in [2.24, 2.45) is 0 Å². The summed E-state index contributed by atoms with van der Waals surface area (Å²) in [5.41, 5.74) is 1.05. The molecule has 0 bridgehead atoms. The summed E-state index contributed by atoms with van der Waals surface area (Å²) >= 11 is 0. The maximum atomic E-state index is 14.4. The summed E-state index contributed by atoms with van der Waals surface area (Å²) in [4.78, 5) is 20.1. The summed E-state index contributed by atoms with van der Waals surface area (Å²) in [6, 6.07) is 1.89. The number of nitrogens with one attached hydrogen (secondary N) is 2. The van der Waals surface area contributed by atoms with E-state index in [1.807, 2.05) is 13.1 Å². The molecule has 204 valence electrons. The molecule has 2 heterocycles. The van der Waals surface area contributed by atoms with Crippen LogP contribution in [0, 0.1) is 11.6 Å². The van der Waals surface area contributed by atoms with Gasteiger partial charge in [0.15, 0.2) is 5.82 Å². The fourth-order valence-corrected chi connectivity index (χ4v) is 5.77. The normalized spacial score (nSPS) is 23.5. The number of hydrogen-bond acceptors (Lipinski definition) is 5. The standard InChI is InChI=1S/C28H41F2N5O2/c1-6-7-25(32-22-9-8-20-10-21(29)11-24(30)23(20)12-22)27(36)33-26-15-35(17-31-26)28(4,5)16-34-13-18(2)37-19(3)14-34/h10-11,15,17-19,22,25,32H,6-9,12-14,16H2,1-5H3,(H,33,36). The van der Waals surface area contributed by atoms with Crippen molar-refractivity contribution in [3.63, 3.8) is 0 Å². The van der Waals surface area contributed by atoms with Crippen LogP contribution in [0.5, 0.6) is 0 Å². The van der Waals surface area contributed by atoms with Crippen LogP contribution in [0.4, 0.5) is 14.6 Å². The van der Waals surface area contributed by atoms with Crippen LogP contribution in [0.3, 0.4) is 0 Å². The molecule has 1 aliphatic carbocycles. The second-order valence-electron chi connectivity index (χ2n) is 11.4. The average Bonchev–Trinajstić information content (AvgIpc) is 3.27. The van der Waals surface area contributed by atoms with E-state index in [-0.39, 0.29) is 29.7 Å². The molecule has 0 radical (unpaired) electrons. The van der Waals surface area contributed by atoms with Gasteiger partial charge in [0.05, 0.1) is 30.1 Å². The number of nitrogens with zero attached hydrogens (tertiary/aromatic N) is 3. The molecule has 1 amide bonds. The summed E-state index contributed by atoms with van der Waals surface area (Å²) in [6.45, 7) is 13.2. The molecule has 1 aromatic heterocycles. The molecule has 9 heteroatoms. The molecule has 37 heavy (non-hydrogen) atoms. The lowest BCUT2D eigenvalue weighted by Gasteiger charge is -2.40. The van der Waals surface area contributed by atoms with Gasteiger partial charge in [-0.25, -0.2) is 13.8 Å². The topological polar surface area (TPSA) is 71.4 Å². The van der Waals surface area contributed by atoms with Gasteiger partial charge in [-0.3, -0.25) is 9.69 Å². The summed E-state index contributed by atoms with van der Waals surface area (Å²) in [6.07, 6.45) is 7.29. The lowest BCUT2D eigenvalue weighted by Crippen LogP contribution is -2.50. The van der Waals surface area contributed by atoms with Crippen molar-refractivity contribution in [1.29, 1.82) is 0 Å². The first-order chi connectivity index (χ1) is 17.5. The van der Waals surface area contributed by atoms with Gasteiger partial charge in [0, 0.05) is 37.9 Å². The number of carbonyl (C=O) groups excluding carboxylic acids is 1. The number of benzene rings is 1. The first kappa shape index (κ1) is 27.7. The van der Waals surface area contributed by atoms with Gasteiger partial charge >= 0.3 is 0 Å². The van der Waals surface area contributed by atoms with Crippen LogP contribution in [0.25, 0.3) is 0 Å². The summed E-state index contributed by atoms with van der Waals surface area (Å²) < 4.78 is 35.8. The smallest absolute Gasteiger partial charge is 0.242 e. The Balaban J connectivity index is 1.37. The van der Waals surface area contributed by atoms with E-state index in [9.17, 15) is 13.6 Å². The third-order valence-corrected chi connectivity index (χ3v) is 7.43. The van der Waals surface area contributed by atoms with Gasteiger partial charge in [-0.15, -0.1) is 0 Å². The van der Waals surface area contributed by atoms with Crippen molar-refractivity contribution in [1.82, 2.24) is 19.8 Å². The Morgan fingerprint density at radius 1 is 1.24 bits per heavy atom. The van der Waals surface area contributed by atoms with E-state index in [0.717, 1.165) is 44.1 Å². The molecule has 1 aliphatic heterocycles. The van der Waals surface area contributed by atoms with Gasteiger partial charge in [-0.05, 0) is 70.6 Å². The van der Waals surface area contributed by atoms with Crippen LogP contribution < -0.4 is 10.6 Å². The fraction of sp³-hybridized carbons (Fsp3) is 0.643. The van der Waals surface area contributed by atoms with E-state index in [0.29, 0.717) is 30.6 Å². The quantitative estimate of drug-likeness (QED) is 0.520. The summed E-state index contributed by atoms with van der Waals surface area (Å²) in [5, 5.41) is 6.41. The molecule has 2 aliphatic rings. The number of aryl methyl sites for hydroxylation is 1.